The molecule has 0 bridgehead atoms. The fraction of sp³-hybridized carbons (Fsp3) is 0.286. The van der Waals surface area contributed by atoms with Gasteiger partial charge in [0, 0.05) is 15.9 Å². The van der Waals surface area contributed by atoms with E-state index in [0.29, 0.717) is 0 Å². The number of nitrogens with one attached hydrogen (secondary N) is 1. The van der Waals surface area contributed by atoms with Gasteiger partial charge in [-0.3, -0.25) is 0 Å². The van der Waals surface area contributed by atoms with Crippen LogP contribution in [0.25, 0.3) is 0 Å². The Morgan fingerprint density at radius 3 is 2.39 bits per heavy atom. The first-order chi connectivity index (χ1) is 8.61. The van der Waals surface area contributed by atoms with Crippen molar-refractivity contribution in [2.24, 2.45) is 0 Å². The van der Waals surface area contributed by atoms with Crippen molar-refractivity contribution in [3.63, 3.8) is 0 Å². The van der Waals surface area contributed by atoms with E-state index in [4.69, 9.17) is 23.2 Å². The molecule has 1 unspecified atom stereocenters. The molecular weight excluding hydrogens is 285 g/mol. The molecule has 2 aromatic rings. The molecule has 0 saturated heterocycles. The van der Waals surface area contributed by atoms with Gasteiger partial charge < -0.3 is 5.32 Å². The Labute approximate surface area is 122 Å². The number of benzene rings is 1. The lowest BCUT2D eigenvalue weighted by molar-refractivity contribution is 0.602. The maximum atomic E-state index is 6.32. The fourth-order valence-corrected chi connectivity index (χ4v) is 3.43. The van der Waals surface area contributed by atoms with Crippen LogP contribution in [0.1, 0.15) is 22.0 Å². The number of aryl methyl sites for hydroxylation is 1. The smallest absolute Gasteiger partial charge is 0.0590 e. The Balaban J connectivity index is 2.19. The topological polar surface area (TPSA) is 12.0 Å². The zero-order valence-corrected chi connectivity index (χ0v) is 12.7. The van der Waals surface area contributed by atoms with Crippen molar-refractivity contribution in [3.8, 4) is 0 Å². The third-order valence-electron chi connectivity index (χ3n) is 2.94. The summed E-state index contributed by atoms with van der Waals surface area (Å²) in [5.74, 6) is 0. The van der Waals surface area contributed by atoms with Crippen molar-refractivity contribution in [2.45, 2.75) is 19.4 Å². The SMILES string of the molecule is CNC(Cc1ccc(Cl)cc1)c1scc(C)c1Cl. The van der Waals surface area contributed by atoms with E-state index in [0.717, 1.165) is 22.0 Å². The Kier molecular flexibility index (Phi) is 4.68. The first kappa shape index (κ1) is 13.9. The van der Waals surface area contributed by atoms with E-state index in [1.54, 1.807) is 11.3 Å². The number of rotatable bonds is 4. The quantitative estimate of drug-likeness (QED) is 0.849. The van der Waals surface area contributed by atoms with Crippen LogP contribution in [0, 0.1) is 6.92 Å². The minimum Gasteiger partial charge on any atom is -0.312 e. The van der Waals surface area contributed by atoms with Gasteiger partial charge in [0.05, 0.1) is 5.02 Å². The average molecular weight is 300 g/mol. The zero-order valence-electron chi connectivity index (χ0n) is 10.3. The Morgan fingerprint density at radius 1 is 1.22 bits per heavy atom. The molecule has 1 N–H and O–H groups in total. The van der Waals surface area contributed by atoms with Crippen molar-refractivity contribution in [2.75, 3.05) is 7.05 Å². The molecule has 0 saturated carbocycles. The monoisotopic (exact) mass is 299 g/mol. The van der Waals surface area contributed by atoms with Gasteiger partial charge in [-0.15, -0.1) is 11.3 Å². The number of hydrogen-bond donors (Lipinski definition) is 1. The minimum absolute atomic E-state index is 0.248. The molecule has 0 spiro atoms. The number of likely N-dealkylation sites (N-methyl/N-ethyl adjacent to an activating group) is 1. The summed E-state index contributed by atoms with van der Waals surface area (Å²) in [6.07, 6.45) is 0.910. The second kappa shape index (κ2) is 6.07. The predicted octanol–water partition coefficient (Wildman–Crippen LogP) is 4.87. The summed E-state index contributed by atoms with van der Waals surface area (Å²) in [5.41, 5.74) is 2.40. The van der Waals surface area contributed by atoms with Crippen LogP contribution in [-0.4, -0.2) is 7.05 Å². The van der Waals surface area contributed by atoms with Crippen molar-refractivity contribution in [1.29, 1.82) is 0 Å². The molecule has 1 atom stereocenters. The highest BCUT2D eigenvalue weighted by Gasteiger charge is 2.16. The van der Waals surface area contributed by atoms with E-state index in [2.05, 4.69) is 22.8 Å². The molecule has 0 amide bonds. The van der Waals surface area contributed by atoms with E-state index in [-0.39, 0.29) is 6.04 Å². The highest BCUT2D eigenvalue weighted by atomic mass is 35.5. The third kappa shape index (κ3) is 3.07. The van der Waals surface area contributed by atoms with Crippen molar-refractivity contribution >= 4 is 34.5 Å². The van der Waals surface area contributed by atoms with Gasteiger partial charge in [0.25, 0.3) is 0 Å². The van der Waals surface area contributed by atoms with Gasteiger partial charge in [0.15, 0.2) is 0 Å². The molecular formula is C14H15Cl2NS. The van der Waals surface area contributed by atoms with Crippen LogP contribution < -0.4 is 5.32 Å². The molecule has 0 fully saturated rings. The van der Waals surface area contributed by atoms with E-state index < -0.39 is 0 Å². The molecule has 0 aliphatic rings. The first-order valence-electron chi connectivity index (χ1n) is 5.77. The van der Waals surface area contributed by atoms with Gasteiger partial charge in [-0.05, 0) is 49.0 Å². The third-order valence-corrected chi connectivity index (χ3v) is 5.02. The molecule has 4 heteroatoms. The first-order valence-corrected chi connectivity index (χ1v) is 7.40. The lowest BCUT2D eigenvalue weighted by Crippen LogP contribution is -2.18. The van der Waals surface area contributed by atoms with E-state index in [9.17, 15) is 0 Å². The van der Waals surface area contributed by atoms with E-state index in [1.165, 1.54) is 10.4 Å². The Morgan fingerprint density at radius 2 is 1.89 bits per heavy atom. The normalized spacial score (nSPS) is 12.7. The summed E-state index contributed by atoms with van der Waals surface area (Å²) in [6.45, 7) is 2.04. The standard InChI is InChI=1S/C14H15Cl2NS/c1-9-8-18-14(13(9)16)12(17-2)7-10-3-5-11(15)6-4-10/h3-6,8,12,17H,7H2,1-2H3. The second-order valence-corrected chi connectivity index (χ2v) is 5.99. The fourth-order valence-electron chi connectivity index (χ4n) is 1.87. The van der Waals surface area contributed by atoms with Gasteiger partial charge in [0.1, 0.15) is 0 Å². The largest absolute Gasteiger partial charge is 0.312 e. The van der Waals surface area contributed by atoms with Crippen LogP contribution in [0.5, 0.6) is 0 Å². The lowest BCUT2D eigenvalue weighted by Gasteiger charge is -2.15. The molecule has 1 aromatic carbocycles. The number of halogens is 2. The molecule has 0 radical (unpaired) electrons. The van der Waals surface area contributed by atoms with Gasteiger partial charge in [-0.25, -0.2) is 0 Å². The number of hydrogen-bond acceptors (Lipinski definition) is 2. The Bertz CT molecular complexity index is 519. The maximum absolute atomic E-state index is 6.32. The molecule has 1 heterocycles. The highest BCUT2D eigenvalue weighted by molar-refractivity contribution is 7.10. The second-order valence-electron chi connectivity index (χ2n) is 4.27. The summed E-state index contributed by atoms with van der Waals surface area (Å²) in [6, 6.07) is 8.20. The molecule has 1 aromatic heterocycles. The molecule has 2 rings (SSSR count). The van der Waals surface area contributed by atoms with E-state index in [1.807, 2.05) is 26.1 Å². The molecule has 0 aliphatic carbocycles. The molecule has 96 valence electrons. The van der Waals surface area contributed by atoms with Gasteiger partial charge >= 0.3 is 0 Å². The average Bonchev–Trinajstić information content (AvgIpc) is 2.70. The van der Waals surface area contributed by atoms with Crippen LogP contribution in [0.15, 0.2) is 29.6 Å². The zero-order chi connectivity index (χ0) is 13.1. The maximum Gasteiger partial charge on any atom is 0.0590 e. The minimum atomic E-state index is 0.248. The number of thiophene rings is 1. The summed E-state index contributed by atoms with van der Waals surface area (Å²) < 4.78 is 0. The Hall–Kier alpha value is -0.540. The van der Waals surface area contributed by atoms with Crippen LogP contribution in [-0.2, 0) is 6.42 Å². The summed E-state index contributed by atoms with van der Waals surface area (Å²) in [5, 5.41) is 7.08. The predicted molar refractivity (Wildman–Crippen MR) is 81.0 cm³/mol. The highest BCUT2D eigenvalue weighted by Crippen LogP contribution is 2.33. The van der Waals surface area contributed by atoms with Crippen LogP contribution in [0.4, 0.5) is 0 Å². The van der Waals surface area contributed by atoms with E-state index >= 15 is 0 Å². The van der Waals surface area contributed by atoms with Gasteiger partial charge in [-0.1, -0.05) is 35.3 Å². The van der Waals surface area contributed by atoms with Crippen molar-refractivity contribution in [3.05, 3.63) is 55.7 Å². The molecule has 1 nitrogen and oxygen atoms in total. The van der Waals surface area contributed by atoms with Crippen LogP contribution in [0.3, 0.4) is 0 Å². The van der Waals surface area contributed by atoms with Gasteiger partial charge in [-0.2, -0.15) is 0 Å². The van der Waals surface area contributed by atoms with Gasteiger partial charge in [0.2, 0.25) is 0 Å². The molecule has 0 aliphatic heterocycles. The summed E-state index contributed by atoms with van der Waals surface area (Å²) in [4.78, 5) is 1.20. The summed E-state index contributed by atoms with van der Waals surface area (Å²) in [7, 11) is 1.96. The lowest BCUT2D eigenvalue weighted by atomic mass is 10.0. The molecule has 18 heavy (non-hydrogen) atoms. The van der Waals surface area contributed by atoms with Crippen LogP contribution in [0.2, 0.25) is 10.0 Å². The van der Waals surface area contributed by atoms with Crippen LogP contribution >= 0.6 is 34.5 Å². The van der Waals surface area contributed by atoms with Crippen molar-refractivity contribution < 1.29 is 0 Å². The summed E-state index contributed by atoms with van der Waals surface area (Å²) >= 11 is 13.9. The van der Waals surface area contributed by atoms with Crippen molar-refractivity contribution in [1.82, 2.24) is 5.32 Å².